The Morgan fingerprint density at radius 2 is 1.33 bits per heavy atom. The maximum Gasteiger partial charge on any atom is 0.303 e. The molecule has 0 aromatic heterocycles. The Labute approximate surface area is 143 Å². The summed E-state index contributed by atoms with van der Waals surface area (Å²) in [6.45, 7) is 1.16. The van der Waals surface area contributed by atoms with E-state index in [0.29, 0.717) is 6.42 Å². The van der Waals surface area contributed by atoms with E-state index in [0.717, 1.165) is 24.8 Å². The fraction of sp³-hybridized carbons (Fsp3) is 0.333. The first-order chi connectivity index (χ1) is 11.6. The van der Waals surface area contributed by atoms with Crippen molar-refractivity contribution in [2.24, 2.45) is 0 Å². The van der Waals surface area contributed by atoms with Gasteiger partial charge in [0.05, 0.1) is 0 Å². The first-order valence-electron chi connectivity index (χ1n) is 8.40. The molecule has 3 nitrogen and oxygen atoms in total. The van der Waals surface area contributed by atoms with E-state index >= 15 is 0 Å². The highest BCUT2D eigenvalue weighted by atomic mass is 16.5. The normalized spacial score (nSPS) is 10.4. The molecule has 0 radical (unpaired) electrons. The largest absolute Gasteiger partial charge is 0.458 e. The van der Waals surface area contributed by atoms with Crippen molar-refractivity contribution in [3.63, 3.8) is 0 Å². The highest BCUT2D eigenvalue weighted by molar-refractivity contribution is 5.83. The summed E-state index contributed by atoms with van der Waals surface area (Å²) in [5, 5.41) is 0. The molecule has 0 heterocycles. The molecule has 0 N–H and O–H groups in total. The number of carbonyl (C=O) groups is 2. The summed E-state index contributed by atoms with van der Waals surface area (Å²) in [7, 11) is 0. The summed E-state index contributed by atoms with van der Waals surface area (Å²) in [6, 6.07) is 18.7. The second-order valence-electron chi connectivity index (χ2n) is 6.00. The van der Waals surface area contributed by atoms with Crippen LogP contribution in [0, 0.1) is 0 Å². The van der Waals surface area contributed by atoms with E-state index in [1.165, 1.54) is 24.5 Å². The molecule has 0 unspecified atom stereocenters. The van der Waals surface area contributed by atoms with E-state index in [1.54, 1.807) is 0 Å². The lowest BCUT2D eigenvalue weighted by Crippen LogP contribution is -2.13. The number of ether oxygens (including phenoxy) is 1. The topological polar surface area (TPSA) is 43.4 Å². The number of ketones is 1. The molecule has 0 fully saturated rings. The quantitative estimate of drug-likeness (QED) is 0.518. The number of aryl methyl sites for hydroxylation is 2. The fourth-order valence-electron chi connectivity index (χ4n) is 2.59. The van der Waals surface area contributed by atoms with Gasteiger partial charge in [0.15, 0.2) is 5.78 Å². The zero-order valence-corrected chi connectivity index (χ0v) is 14.2. The number of unbranched alkanes of at least 4 members (excludes halogenated alkanes) is 1. The van der Waals surface area contributed by atoms with Crippen molar-refractivity contribution in [3.8, 4) is 0 Å². The van der Waals surface area contributed by atoms with Crippen LogP contribution in [0.2, 0.25) is 0 Å². The van der Waals surface area contributed by atoms with Gasteiger partial charge >= 0.3 is 5.97 Å². The summed E-state index contributed by atoms with van der Waals surface area (Å²) < 4.78 is 4.71. The molecular weight excluding hydrogens is 300 g/mol. The minimum Gasteiger partial charge on any atom is -0.458 e. The van der Waals surface area contributed by atoms with Gasteiger partial charge in [-0.05, 0) is 42.4 Å². The van der Waals surface area contributed by atoms with Gasteiger partial charge < -0.3 is 4.74 Å². The molecule has 0 aliphatic carbocycles. The van der Waals surface area contributed by atoms with Crippen LogP contribution in [0.5, 0.6) is 0 Å². The third-order valence-corrected chi connectivity index (χ3v) is 3.88. The highest BCUT2D eigenvalue weighted by Crippen LogP contribution is 2.11. The number of hydrogen-bond acceptors (Lipinski definition) is 3. The Kier molecular flexibility index (Phi) is 7.21. The SMILES string of the molecule is CC(=O)OCC(=O)Cc1ccc(CCCCc2ccccc2)cc1. The van der Waals surface area contributed by atoms with Gasteiger partial charge in [0.1, 0.15) is 6.61 Å². The van der Waals surface area contributed by atoms with Gasteiger partial charge in [-0.3, -0.25) is 9.59 Å². The minimum atomic E-state index is -0.422. The minimum absolute atomic E-state index is 0.0826. The van der Waals surface area contributed by atoms with Crippen molar-refractivity contribution in [2.75, 3.05) is 6.61 Å². The molecule has 0 amide bonds. The molecule has 0 bridgehead atoms. The van der Waals surface area contributed by atoms with E-state index in [4.69, 9.17) is 4.74 Å². The number of hydrogen-bond donors (Lipinski definition) is 0. The molecular formula is C21H24O3. The number of rotatable bonds is 9. The van der Waals surface area contributed by atoms with Crippen molar-refractivity contribution in [3.05, 3.63) is 71.3 Å². The molecule has 24 heavy (non-hydrogen) atoms. The Balaban J connectivity index is 1.70. The lowest BCUT2D eigenvalue weighted by atomic mass is 10.0. The van der Waals surface area contributed by atoms with Crippen LogP contribution >= 0.6 is 0 Å². The lowest BCUT2D eigenvalue weighted by Gasteiger charge is -2.05. The van der Waals surface area contributed by atoms with Crippen LogP contribution in [-0.2, 0) is 33.6 Å². The molecule has 3 heteroatoms. The van der Waals surface area contributed by atoms with Crippen molar-refractivity contribution in [1.29, 1.82) is 0 Å². The number of esters is 1. The van der Waals surface area contributed by atoms with Crippen LogP contribution < -0.4 is 0 Å². The van der Waals surface area contributed by atoms with E-state index in [-0.39, 0.29) is 12.4 Å². The van der Waals surface area contributed by atoms with Gasteiger partial charge in [-0.25, -0.2) is 0 Å². The third kappa shape index (κ3) is 6.78. The van der Waals surface area contributed by atoms with E-state index in [2.05, 4.69) is 36.4 Å². The molecule has 0 saturated carbocycles. The molecule has 0 saturated heterocycles. The van der Waals surface area contributed by atoms with Gasteiger partial charge in [-0.15, -0.1) is 0 Å². The zero-order valence-electron chi connectivity index (χ0n) is 14.2. The fourth-order valence-corrected chi connectivity index (χ4v) is 2.59. The van der Waals surface area contributed by atoms with E-state index in [9.17, 15) is 9.59 Å². The van der Waals surface area contributed by atoms with Gasteiger partial charge in [0.25, 0.3) is 0 Å². The maximum absolute atomic E-state index is 11.7. The molecule has 0 atom stereocenters. The van der Waals surface area contributed by atoms with Gasteiger partial charge in [0.2, 0.25) is 0 Å². The monoisotopic (exact) mass is 324 g/mol. The smallest absolute Gasteiger partial charge is 0.303 e. The highest BCUT2D eigenvalue weighted by Gasteiger charge is 2.06. The molecule has 2 aromatic rings. The Bertz CT molecular complexity index is 645. The van der Waals surface area contributed by atoms with E-state index in [1.807, 2.05) is 18.2 Å². The summed E-state index contributed by atoms with van der Waals surface area (Å²) in [6.07, 6.45) is 4.80. The van der Waals surface area contributed by atoms with E-state index < -0.39 is 5.97 Å². The van der Waals surface area contributed by atoms with Gasteiger partial charge in [-0.1, -0.05) is 54.6 Å². The molecule has 0 aliphatic heterocycles. The standard InChI is InChI=1S/C21H24O3/c1-17(22)24-16-21(23)15-20-13-11-19(12-14-20)10-6-5-9-18-7-3-2-4-8-18/h2-4,7-8,11-14H,5-6,9-10,15-16H2,1H3. The first kappa shape index (κ1) is 17.9. The second kappa shape index (κ2) is 9.66. The molecule has 2 aromatic carbocycles. The predicted octanol–water partition coefficient (Wildman–Crippen LogP) is 3.93. The van der Waals surface area contributed by atoms with Crippen LogP contribution in [-0.4, -0.2) is 18.4 Å². The van der Waals surface area contributed by atoms with Crippen molar-refractivity contribution in [1.82, 2.24) is 0 Å². The van der Waals surface area contributed by atoms with Crippen LogP contribution in [0.3, 0.4) is 0 Å². The third-order valence-electron chi connectivity index (χ3n) is 3.88. The van der Waals surface area contributed by atoms with Crippen LogP contribution in [0.15, 0.2) is 54.6 Å². The average Bonchev–Trinajstić information content (AvgIpc) is 2.59. The molecule has 0 spiro atoms. The van der Waals surface area contributed by atoms with Crippen molar-refractivity contribution < 1.29 is 14.3 Å². The summed E-state index contributed by atoms with van der Waals surface area (Å²) in [5.41, 5.74) is 3.64. The molecule has 0 aliphatic rings. The Morgan fingerprint density at radius 3 is 1.92 bits per heavy atom. The first-order valence-corrected chi connectivity index (χ1v) is 8.40. The Hall–Kier alpha value is -2.42. The molecule has 2 rings (SSSR count). The zero-order chi connectivity index (χ0) is 17.2. The van der Waals surface area contributed by atoms with Gasteiger partial charge in [0, 0.05) is 13.3 Å². The van der Waals surface area contributed by atoms with Crippen molar-refractivity contribution in [2.45, 2.75) is 39.0 Å². The van der Waals surface area contributed by atoms with Gasteiger partial charge in [-0.2, -0.15) is 0 Å². The van der Waals surface area contributed by atoms with Crippen molar-refractivity contribution >= 4 is 11.8 Å². The summed E-state index contributed by atoms with van der Waals surface area (Å²) in [5.74, 6) is -0.505. The van der Waals surface area contributed by atoms with Crippen LogP contribution in [0.25, 0.3) is 0 Å². The lowest BCUT2D eigenvalue weighted by molar-refractivity contribution is -0.145. The number of carbonyl (C=O) groups excluding carboxylic acids is 2. The van der Waals surface area contributed by atoms with Crippen LogP contribution in [0.1, 0.15) is 36.5 Å². The maximum atomic E-state index is 11.7. The summed E-state index contributed by atoms with van der Waals surface area (Å²) >= 11 is 0. The second-order valence-corrected chi connectivity index (χ2v) is 6.00. The summed E-state index contributed by atoms with van der Waals surface area (Å²) in [4.78, 5) is 22.4. The average molecular weight is 324 g/mol. The predicted molar refractivity (Wildman–Crippen MR) is 94.9 cm³/mol. The number of Topliss-reactive ketones (excluding diaryl/α,β-unsaturated/α-hetero) is 1. The number of benzene rings is 2. The molecule has 126 valence electrons. The van der Waals surface area contributed by atoms with Crippen LogP contribution in [0.4, 0.5) is 0 Å². The Morgan fingerprint density at radius 1 is 0.792 bits per heavy atom.